The van der Waals surface area contributed by atoms with E-state index in [4.69, 9.17) is 9.47 Å². The van der Waals surface area contributed by atoms with Crippen LogP contribution < -0.4 is 5.32 Å². The summed E-state index contributed by atoms with van der Waals surface area (Å²) in [6, 6.07) is 11.5. The molecular weight excluding hydrogens is 354 g/mol. The second-order valence-corrected chi connectivity index (χ2v) is 7.28. The number of carbonyl (C=O) groups is 2. The molecule has 0 radical (unpaired) electrons. The second-order valence-electron chi connectivity index (χ2n) is 7.28. The van der Waals surface area contributed by atoms with Crippen molar-refractivity contribution in [3.63, 3.8) is 0 Å². The third kappa shape index (κ3) is 2.87. The van der Waals surface area contributed by atoms with Gasteiger partial charge in [-0.1, -0.05) is 30.4 Å². The monoisotopic (exact) mass is 377 g/mol. The van der Waals surface area contributed by atoms with Gasteiger partial charge < -0.3 is 14.8 Å². The lowest BCUT2D eigenvalue weighted by atomic mass is 9.76. The van der Waals surface area contributed by atoms with E-state index in [1.165, 1.54) is 19.8 Å². The molecule has 1 heterocycles. The fourth-order valence-electron chi connectivity index (χ4n) is 4.42. The van der Waals surface area contributed by atoms with Crippen molar-refractivity contribution in [3.05, 3.63) is 76.4 Å². The second kappa shape index (κ2) is 7.15. The number of allylic oxidation sites excluding steroid dienone is 2. The van der Waals surface area contributed by atoms with Crippen LogP contribution in [0.5, 0.6) is 0 Å². The molecule has 0 amide bonds. The molecule has 1 aliphatic carbocycles. The maximum atomic E-state index is 12.1. The van der Waals surface area contributed by atoms with E-state index in [2.05, 4.69) is 17.5 Å². The molecule has 4 rings (SSSR count). The highest BCUT2D eigenvalue weighted by Gasteiger charge is 2.39. The van der Waals surface area contributed by atoms with E-state index >= 15 is 0 Å². The molecule has 28 heavy (non-hydrogen) atoms. The Labute approximate surface area is 164 Å². The summed E-state index contributed by atoms with van der Waals surface area (Å²) in [5.41, 5.74) is 5.34. The van der Waals surface area contributed by atoms with Gasteiger partial charge in [-0.25, -0.2) is 9.59 Å². The van der Waals surface area contributed by atoms with Crippen molar-refractivity contribution in [2.45, 2.75) is 25.3 Å². The molecule has 0 spiro atoms. The van der Waals surface area contributed by atoms with Crippen LogP contribution in [0, 0.1) is 12.8 Å². The minimum absolute atomic E-state index is 0.0887. The van der Waals surface area contributed by atoms with Gasteiger partial charge in [-0.2, -0.15) is 0 Å². The van der Waals surface area contributed by atoms with Crippen LogP contribution in [0.15, 0.2) is 48.6 Å². The number of anilines is 1. The molecule has 2 aromatic rings. The van der Waals surface area contributed by atoms with Gasteiger partial charge in [0.05, 0.1) is 31.4 Å². The molecule has 2 aromatic carbocycles. The van der Waals surface area contributed by atoms with E-state index in [1.54, 1.807) is 12.1 Å². The highest BCUT2D eigenvalue weighted by atomic mass is 16.5. The van der Waals surface area contributed by atoms with Crippen molar-refractivity contribution in [3.8, 4) is 0 Å². The Morgan fingerprint density at radius 1 is 1.00 bits per heavy atom. The molecule has 5 nitrogen and oxygen atoms in total. The van der Waals surface area contributed by atoms with Crippen LogP contribution in [-0.4, -0.2) is 26.2 Å². The Balaban J connectivity index is 1.74. The van der Waals surface area contributed by atoms with Crippen LogP contribution >= 0.6 is 0 Å². The quantitative estimate of drug-likeness (QED) is 0.635. The summed E-state index contributed by atoms with van der Waals surface area (Å²) in [5, 5.41) is 3.67. The number of hydrogen-bond donors (Lipinski definition) is 1. The Morgan fingerprint density at radius 2 is 1.71 bits per heavy atom. The number of nitrogens with one attached hydrogen (secondary N) is 1. The molecule has 1 N–H and O–H groups in total. The third-order valence-corrected chi connectivity index (χ3v) is 5.89. The van der Waals surface area contributed by atoms with Crippen LogP contribution in [0.2, 0.25) is 0 Å². The fraction of sp³-hybridized carbons (Fsp3) is 0.304. The number of ether oxygens (including phenoxy) is 2. The van der Waals surface area contributed by atoms with Crippen molar-refractivity contribution in [1.82, 2.24) is 0 Å². The Bertz CT molecular complexity index is 961. The first kappa shape index (κ1) is 18.3. The zero-order chi connectivity index (χ0) is 19.8. The Hall–Kier alpha value is -3.08. The molecule has 5 heteroatoms. The van der Waals surface area contributed by atoms with E-state index in [0.717, 1.165) is 23.2 Å². The number of methoxy groups -OCH3 is 2. The maximum Gasteiger partial charge on any atom is 0.338 e. The molecule has 3 atom stereocenters. The summed E-state index contributed by atoms with van der Waals surface area (Å²) >= 11 is 0. The largest absolute Gasteiger partial charge is 0.465 e. The Morgan fingerprint density at radius 3 is 2.39 bits per heavy atom. The lowest BCUT2D eigenvalue weighted by Crippen LogP contribution is -2.30. The van der Waals surface area contributed by atoms with Gasteiger partial charge >= 0.3 is 11.9 Å². The first-order valence-corrected chi connectivity index (χ1v) is 9.38. The highest BCUT2D eigenvalue weighted by Crippen LogP contribution is 2.51. The lowest BCUT2D eigenvalue weighted by Gasteiger charge is -2.38. The normalized spacial score (nSPS) is 22.0. The molecule has 2 aliphatic rings. The van der Waals surface area contributed by atoms with Crippen molar-refractivity contribution < 1.29 is 19.1 Å². The average Bonchev–Trinajstić information content (AvgIpc) is 3.23. The zero-order valence-corrected chi connectivity index (χ0v) is 16.2. The van der Waals surface area contributed by atoms with Gasteiger partial charge in [0.1, 0.15) is 0 Å². The number of carbonyl (C=O) groups excluding carboxylic acids is 2. The number of fused-ring (bicyclic) bond motifs is 3. The van der Waals surface area contributed by atoms with Crippen molar-refractivity contribution in [2.24, 2.45) is 5.92 Å². The summed E-state index contributed by atoms with van der Waals surface area (Å²) in [4.78, 5) is 23.9. The van der Waals surface area contributed by atoms with Crippen molar-refractivity contribution in [1.29, 1.82) is 0 Å². The average molecular weight is 377 g/mol. The SMILES string of the molecule is COC(=O)c1ccc([C@@H]2Nc3c(ccc(C(=O)OC)c3C)[C@@H]3C=CC[C@@H]32)cc1. The molecule has 0 fully saturated rings. The van der Waals surface area contributed by atoms with Crippen molar-refractivity contribution >= 4 is 17.6 Å². The summed E-state index contributed by atoms with van der Waals surface area (Å²) in [5.74, 6) is 0.0180. The summed E-state index contributed by atoms with van der Waals surface area (Å²) in [7, 11) is 2.78. The van der Waals surface area contributed by atoms with Crippen molar-refractivity contribution in [2.75, 3.05) is 19.5 Å². The topological polar surface area (TPSA) is 64.6 Å². The van der Waals surface area contributed by atoms with Crippen LogP contribution in [0.3, 0.4) is 0 Å². The van der Waals surface area contributed by atoms with E-state index in [0.29, 0.717) is 23.0 Å². The maximum absolute atomic E-state index is 12.1. The molecule has 0 saturated carbocycles. The molecule has 0 bridgehead atoms. The molecule has 0 unspecified atom stereocenters. The van der Waals surface area contributed by atoms with Crippen LogP contribution in [-0.2, 0) is 9.47 Å². The molecule has 0 saturated heterocycles. The molecule has 144 valence electrons. The molecule has 1 aliphatic heterocycles. The smallest absolute Gasteiger partial charge is 0.338 e. The summed E-state index contributed by atoms with van der Waals surface area (Å²) < 4.78 is 9.72. The van der Waals surface area contributed by atoms with Gasteiger partial charge in [-0.3, -0.25) is 0 Å². The van der Waals surface area contributed by atoms with E-state index in [-0.39, 0.29) is 18.0 Å². The van der Waals surface area contributed by atoms with Crippen LogP contribution in [0.25, 0.3) is 0 Å². The fourth-order valence-corrected chi connectivity index (χ4v) is 4.42. The van der Waals surface area contributed by atoms with Gasteiger partial charge in [0.15, 0.2) is 0 Å². The number of benzene rings is 2. The van der Waals surface area contributed by atoms with Gasteiger partial charge in [0.2, 0.25) is 0 Å². The minimum Gasteiger partial charge on any atom is -0.465 e. The highest BCUT2D eigenvalue weighted by molar-refractivity contribution is 5.93. The van der Waals surface area contributed by atoms with Crippen LogP contribution in [0.1, 0.15) is 55.8 Å². The lowest BCUT2D eigenvalue weighted by molar-refractivity contribution is 0.0591. The van der Waals surface area contributed by atoms with E-state index in [1.807, 2.05) is 31.2 Å². The summed E-state index contributed by atoms with van der Waals surface area (Å²) in [6.07, 6.45) is 5.47. The first-order chi connectivity index (χ1) is 13.5. The minimum atomic E-state index is -0.340. The van der Waals surface area contributed by atoms with Gasteiger partial charge in [0, 0.05) is 11.6 Å². The Kier molecular flexibility index (Phi) is 4.67. The molecule has 0 aromatic heterocycles. The first-order valence-electron chi connectivity index (χ1n) is 9.38. The number of hydrogen-bond acceptors (Lipinski definition) is 5. The number of rotatable bonds is 3. The number of esters is 2. The van der Waals surface area contributed by atoms with Crippen LogP contribution in [0.4, 0.5) is 5.69 Å². The standard InChI is InChI=1S/C23H23NO4/c1-13-16(23(26)28-3)11-12-19-17-5-4-6-18(17)21(24-20(13)19)14-7-9-15(10-8-14)22(25)27-2/h4-5,7-12,17-18,21,24H,6H2,1-3H3/t17-,18+,21+/m1/s1. The molecular formula is C23H23NO4. The van der Waals surface area contributed by atoms with E-state index in [9.17, 15) is 9.59 Å². The third-order valence-electron chi connectivity index (χ3n) is 5.89. The summed E-state index contributed by atoms with van der Waals surface area (Å²) in [6.45, 7) is 1.95. The predicted octanol–water partition coefficient (Wildman–Crippen LogP) is 4.39. The predicted molar refractivity (Wildman–Crippen MR) is 107 cm³/mol. The zero-order valence-electron chi connectivity index (χ0n) is 16.2. The van der Waals surface area contributed by atoms with Gasteiger partial charge in [-0.05, 0) is 54.2 Å². The van der Waals surface area contributed by atoms with E-state index < -0.39 is 0 Å². The van der Waals surface area contributed by atoms with Gasteiger partial charge in [0.25, 0.3) is 0 Å². The van der Waals surface area contributed by atoms with Gasteiger partial charge in [-0.15, -0.1) is 0 Å².